The zero-order chi connectivity index (χ0) is 12.7. The summed E-state index contributed by atoms with van der Waals surface area (Å²) in [4.78, 5) is 1.52. The number of rotatable bonds is 2. The van der Waals surface area contributed by atoms with Gasteiger partial charge in [-0.1, -0.05) is 29.8 Å². The Balaban J connectivity index is 1.99. The average molecular weight is 272 g/mol. The van der Waals surface area contributed by atoms with Crippen LogP contribution in [-0.4, -0.2) is 0 Å². The third-order valence-electron chi connectivity index (χ3n) is 3.39. The normalized spacial score (nSPS) is 11.3. The van der Waals surface area contributed by atoms with Crippen molar-refractivity contribution >= 4 is 32.1 Å². The number of hydrogen-bond acceptors (Lipinski definition) is 2. The van der Waals surface area contributed by atoms with Crippen LogP contribution < -0.4 is 0 Å². The maximum atomic E-state index is 2.27. The van der Waals surface area contributed by atoms with Gasteiger partial charge in [-0.25, -0.2) is 0 Å². The Morgan fingerprint density at radius 3 is 2.33 bits per heavy atom. The molecule has 0 saturated heterocycles. The maximum absolute atomic E-state index is 2.27. The Bertz CT molecular complexity index is 684. The van der Waals surface area contributed by atoms with E-state index in [1.807, 2.05) is 22.7 Å². The molecule has 0 bridgehead atoms. The van der Waals surface area contributed by atoms with Crippen molar-refractivity contribution in [3.63, 3.8) is 0 Å². The van der Waals surface area contributed by atoms with Crippen LogP contribution in [0.1, 0.15) is 27.1 Å². The monoisotopic (exact) mass is 272 g/mol. The predicted octanol–water partition coefficient (Wildman–Crippen LogP) is 5.48. The van der Waals surface area contributed by atoms with Gasteiger partial charge < -0.3 is 0 Å². The van der Waals surface area contributed by atoms with Gasteiger partial charge in [-0.2, -0.15) is 0 Å². The molecule has 92 valence electrons. The highest BCUT2D eigenvalue weighted by atomic mass is 32.1. The summed E-state index contributed by atoms with van der Waals surface area (Å²) in [5.74, 6) is 0. The minimum atomic E-state index is 1.07. The van der Waals surface area contributed by atoms with E-state index in [1.165, 1.54) is 36.5 Å². The van der Waals surface area contributed by atoms with Gasteiger partial charge in [0.2, 0.25) is 0 Å². The van der Waals surface area contributed by atoms with E-state index < -0.39 is 0 Å². The van der Waals surface area contributed by atoms with E-state index in [4.69, 9.17) is 0 Å². The first-order valence-electron chi connectivity index (χ1n) is 6.17. The highest BCUT2D eigenvalue weighted by Gasteiger charge is 2.12. The molecule has 3 rings (SSSR count). The van der Waals surface area contributed by atoms with Crippen molar-refractivity contribution in [3.05, 3.63) is 56.8 Å². The smallest absolute Gasteiger partial charge is 0.0485 e. The number of hydrogen-bond donors (Lipinski definition) is 0. The molecule has 18 heavy (non-hydrogen) atoms. The fourth-order valence-corrected chi connectivity index (χ4v) is 4.80. The molecule has 0 nitrogen and oxygen atoms in total. The van der Waals surface area contributed by atoms with E-state index in [0.29, 0.717) is 0 Å². The predicted molar refractivity (Wildman–Crippen MR) is 83.2 cm³/mol. The molecule has 2 heteroatoms. The van der Waals surface area contributed by atoms with Gasteiger partial charge in [-0.05, 0) is 42.8 Å². The molecule has 0 amide bonds. The highest BCUT2D eigenvalue weighted by molar-refractivity contribution is 7.27. The zero-order valence-corrected chi connectivity index (χ0v) is 12.5. The minimum Gasteiger partial charge on any atom is -0.142 e. The molecule has 0 unspecified atom stereocenters. The van der Waals surface area contributed by atoms with E-state index in [1.54, 1.807) is 0 Å². The molecule has 0 saturated carbocycles. The van der Waals surface area contributed by atoms with Crippen LogP contribution in [0.5, 0.6) is 0 Å². The van der Waals surface area contributed by atoms with Crippen molar-refractivity contribution in [1.29, 1.82) is 0 Å². The lowest BCUT2D eigenvalue weighted by Gasteiger charge is -2.01. The van der Waals surface area contributed by atoms with Crippen LogP contribution in [0, 0.1) is 20.8 Å². The first kappa shape index (κ1) is 11.9. The van der Waals surface area contributed by atoms with Gasteiger partial charge >= 0.3 is 0 Å². The molecular weight excluding hydrogens is 256 g/mol. The van der Waals surface area contributed by atoms with Crippen molar-refractivity contribution in [2.75, 3.05) is 0 Å². The Hall–Kier alpha value is -1.12. The van der Waals surface area contributed by atoms with Gasteiger partial charge in [-0.3, -0.25) is 0 Å². The van der Waals surface area contributed by atoms with Crippen molar-refractivity contribution in [2.45, 2.75) is 27.2 Å². The lowest BCUT2D eigenvalue weighted by Crippen LogP contribution is -1.86. The lowest BCUT2D eigenvalue weighted by molar-refractivity contribution is 1.21. The molecular formula is C16H16S2. The largest absolute Gasteiger partial charge is 0.142 e. The molecule has 1 aromatic carbocycles. The van der Waals surface area contributed by atoms with Gasteiger partial charge in [0.25, 0.3) is 0 Å². The van der Waals surface area contributed by atoms with Crippen LogP contribution in [0.25, 0.3) is 9.40 Å². The van der Waals surface area contributed by atoms with Gasteiger partial charge in [-0.15, -0.1) is 22.7 Å². The molecule has 0 atom stereocenters. The highest BCUT2D eigenvalue weighted by Crippen LogP contribution is 2.38. The lowest BCUT2D eigenvalue weighted by atomic mass is 10.1. The number of aryl methyl sites for hydroxylation is 3. The molecule has 0 spiro atoms. The van der Waals surface area contributed by atoms with Gasteiger partial charge in [0.1, 0.15) is 0 Å². The maximum Gasteiger partial charge on any atom is 0.0485 e. The van der Waals surface area contributed by atoms with Crippen LogP contribution >= 0.6 is 22.7 Å². The number of thiophene rings is 2. The Labute approximate surface area is 116 Å². The third kappa shape index (κ3) is 2.00. The average Bonchev–Trinajstić information content (AvgIpc) is 2.86. The molecule has 0 aliphatic carbocycles. The summed E-state index contributed by atoms with van der Waals surface area (Å²) in [6.07, 6.45) is 1.07. The van der Waals surface area contributed by atoms with E-state index in [9.17, 15) is 0 Å². The fourth-order valence-electron chi connectivity index (χ4n) is 2.21. The second-order valence-corrected chi connectivity index (χ2v) is 6.87. The molecule has 2 heterocycles. The molecule has 0 fully saturated rings. The molecule has 3 aromatic rings. The van der Waals surface area contributed by atoms with Crippen LogP contribution in [0.3, 0.4) is 0 Å². The van der Waals surface area contributed by atoms with Crippen LogP contribution in [-0.2, 0) is 6.42 Å². The summed E-state index contributed by atoms with van der Waals surface area (Å²) in [6, 6.07) is 8.89. The van der Waals surface area contributed by atoms with Crippen molar-refractivity contribution < 1.29 is 0 Å². The van der Waals surface area contributed by atoms with E-state index in [0.717, 1.165) is 6.42 Å². The molecule has 0 aliphatic heterocycles. The summed E-state index contributed by atoms with van der Waals surface area (Å²) in [5.41, 5.74) is 5.65. The summed E-state index contributed by atoms with van der Waals surface area (Å²) < 4.78 is 2.97. The summed E-state index contributed by atoms with van der Waals surface area (Å²) >= 11 is 3.85. The second kappa shape index (κ2) is 4.52. The van der Waals surface area contributed by atoms with E-state index in [-0.39, 0.29) is 0 Å². The summed E-state index contributed by atoms with van der Waals surface area (Å²) in [5, 5.41) is 2.27. The fraction of sp³-hybridized carbons (Fsp3) is 0.250. The number of benzene rings is 1. The van der Waals surface area contributed by atoms with Crippen LogP contribution in [0.15, 0.2) is 29.6 Å². The first-order valence-corrected chi connectivity index (χ1v) is 7.86. The van der Waals surface area contributed by atoms with Gasteiger partial charge in [0.15, 0.2) is 0 Å². The van der Waals surface area contributed by atoms with Crippen molar-refractivity contribution in [1.82, 2.24) is 0 Å². The first-order chi connectivity index (χ1) is 8.65. The van der Waals surface area contributed by atoms with Gasteiger partial charge in [0, 0.05) is 20.7 Å². The Morgan fingerprint density at radius 1 is 0.944 bits per heavy atom. The summed E-state index contributed by atoms with van der Waals surface area (Å²) in [7, 11) is 0. The molecule has 0 aliphatic rings. The third-order valence-corrected chi connectivity index (χ3v) is 6.16. The molecule has 0 N–H and O–H groups in total. The van der Waals surface area contributed by atoms with Crippen LogP contribution in [0.4, 0.5) is 0 Å². The standard InChI is InChI=1S/C16H16S2/c1-10-4-6-13(7-5-10)8-14-12(3)16-15(18-14)11(2)9-17-16/h4-7,9H,8H2,1-3H3. The topological polar surface area (TPSA) is 0 Å². The second-order valence-electron chi connectivity index (χ2n) is 4.89. The minimum absolute atomic E-state index is 1.07. The quantitative estimate of drug-likeness (QED) is 0.579. The molecule has 2 aromatic heterocycles. The van der Waals surface area contributed by atoms with Gasteiger partial charge in [0.05, 0.1) is 0 Å². The Kier molecular flexibility index (Phi) is 3.00. The van der Waals surface area contributed by atoms with Crippen LogP contribution in [0.2, 0.25) is 0 Å². The molecule has 0 radical (unpaired) electrons. The Morgan fingerprint density at radius 2 is 1.67 bits per heavy atom. The number of fused-ring (bicyclic) bond motifs is 1. The van der Waals surface area contributed by atoms with E-state index >= 15 is 0 Å². The van der Waals surface area contributed by atoms with Crippen molar-refractivity contribution in [3.8, 4) is 0 Å². The summed E-state index contributed by atoms with van der Waals surface area (Å²) in [6.45, 7) is 6.61. The SMILES string of the molecule is Cc1ccc(Cc2sc3c(C)csc3c2C)cc1. The van der Waals surface area contributed by atoms with E-state index in [2.05, 4.69) is 50.4 Å². The van der Waals surface area contributed by atoms with Crippen molar-refractivity contribution in [2.24, 2.45) is 0 Å². The zero-order valence-electron chi connectivity index (χ0n) is 10.9.